The molecule has 4 aliphatic rings. The summed E-state index contributed by atoms with van der Waals surface area (Å²) in [4.78, 5) is 54.7. The molecule has 11 nitrogen and oxygen atoms in total. The number of carbonyl (C=O) groups is 3. The molecule has 0 bridgehead atoms. The molecular formula is C44H49FN4O7S2. The summed E-state index contributed by atoms with van der Waals surface area (Å²) in [7, 11) is -2.34. The lowest BCUT2D eigenvalue weighted by Gasteiger charge is -2.29. The summed E-state index contributed by atoms with van der Waals surface area (Å²) < 4.78 is 54.2. The molecule has 14 heteroatoms. The molecule has 4 heterocycles. The van der Waals surface area contributed by atoms with Crippen molar-refractivity contribution in [2.24, 2.45) is 17.3 Å². The summed E-state index contributed by atoms with van der Waals surface area (Å²) in [6.07, 6.45) is 10.6. The quantitative estimate of drug-likeness (QED) is 0.170. The van der Waals surface area contributed by atoms with Crippen molar-refractivity contribution in [2.75, 3.05) is 13.7 Å². The molecule has 8 rings (SSSR count). The fourth-order valence-corrected chi connectivity index (χ4v) is 10.6. The molecule has 2 amide bonds. The van der Waals surface area contributed by atoms with Crippen LogP contribution in [0.4, 0.5) is 4.39 Å². The maximum atomic E-state index is 14.9. The first kappa shape index (κ1) is 40.1. The second kappa shape index (κ2) is 15.8. The third-order valence-electron chi connectivity index (χ3n) is 12.7. The van der Waals surface area contributed by atoms with Crippen LogP contribution < -0.4 is 14.2 Å². The molecule has 2 aromatic heterocycles. The summed E-state index contributed by atoms with van der Waals surface area (Å²) >= 11 is 1.45. The third kappa shape index (κ3) is 7.89. The van der Waals surface area contributed by atoms with Gasteiger partial charge in [0.05, 0.1) is 35.4 Å². The number of benzene rings is 2. The Hall–Kier alpha value is -4.69. The van der Waals surface area contributed by atoms with E-state index in [1.807, 2.05) is 42.7 Å². The number of aryl methyl sites for hydroxylation is 1. The van der Waals surface area contributed by atoms with Crippen LogP contribution in [0, 0.1) is 30.0 Å². The molecule has 2 aliphatic carbocycles. The SMILES string of the molecule is COc1ccc2c(O[C@@H]3C[C@H]4C(=O)C[C@]5(C(=O)NS(=O)(=O)C6(C)CC6)C[C@H]5/C=C\CCCCC[C@H](Cc5ccc(F)cc5)C(=O)N4C3)cc(-c3nccs3)nc2c1C. The van der Waals surface area contributed by atoms with Crippen LogP contribution in [-0.4, -0.2) is 71.4 Å². The molecule has 0 unspecified atom stereocenters. The largest absolute Gasteiger partial charge is 0.496 e. The molecule has 1 N–H and O–H groups in total. The Labute approximate surface area is 342 Å². The molecule has 1 saturated heterocycles. The van der Waals surface area contributed by atoms with Crippen LogP contribution in [0.3, 0.4) is 0 Å². The zero-order chi connectivity index (χ0) is 40.8. The van der Waals surface area contributed by atoms with Gasteiger partial charge in [0, 0.05) is 47.4 Å². The van der Waals surface area contributed by atoms with E-state index in [0.717, 1.165) is 42.2 Å². The Morgan fingerprint density at radius 1 is 1.09 bits per heavy atom. The number of sulfonamides is 1. The maximum absolute atomic E-state index is 14.9. The fraction of sp³-hybridized carbons (Fsp3) is 0.477. The number of aromatic nitrogens is 2. The number of hydrogen-bond acceptors (Lipinski definition) is 10. The molecule has 2 saturated carbocycles. The van der Waals surface area contributed by atoms with Crippen LogP contribution >= 0.6 is 11.3 Å². The van der Waals surface area contributed by atoms with E-state index in [-0.39, 0.29) is 42.8 Å². The number of pyridine rings is 1. The highest BCUT2D eigenvalue weighted by Crippen LogP contribution is 2.57. The van der Waals surface area contributed by atoms with E-state index in [4.69, 9.17) is 14.5 Å². The predicted octanol–water partition coefficient (Wildman–Crippen LogP) is 7.51. The number of Topliss-reactive ketones (excluding diaryl/α,β-unsaturated/α-hetero) is 1. The lowest BCUT2D eigenvalue weighted by molar-refractivity contribution is -0.142. The topological polar surface area (TPSA) is 145 Å². The van der Waals surface area contributed by atoms with Gasteiger partial charge >= 0.3 is 0 Å². The summed E-state index contributed by atoms with van der Waals surface area (Å²) in [6, 6.07) is 10.8. The van der Waals surface area contributed by atoms with Crippen LogP contribution in [0.5, 0.6) is 11.5 Å². The maximum Gasteiger partial charge on any atom is 0.240 e. The van der Waals surface area contributed by atoms with Crippen LogP contribution in [0.2, 0.25) is 0 Å². The number of halogens is 1. The lowest BCUT2D eigenvalue weighted by Crippen LogP contribution is -2.47. The third-order valence-corrected chi connectivity index (χ3v) is 15.6. The van der Waals surface area contributed by atoms with Gasteiger partial charge in [-0.25, -0.2) is 22.8 Å². The Bertz CT molecular complexity index is 2360. The molecule has 58 heavy (non-hydrogen) atoms. The number of thiazole rings is 1. The first-order valence-electron chi connectivity index (χ1n) is 20.2. The van der Waals surface area contributed by atoms with Crippen LogP contribution in [-0.2, 0) is 30.8 Å². The number of fused-ring (bicyclic) bond motifs is 3. The molecule has 5 atom stereocenters. The highest BCUT2D eigenvalue weighted by atomic mass is 32.2. The van der Waals surface area contributed by atoms with Crippen LogP contribution in [0.1, 0.15) is 82.3 Å². The molecule has 306 valence electrons. The fourth-order valence-electron chi connectivity index (χ4n) is 8.66. The van der Waals surface area contributed by atoms with Crippen molar-refractivity contribution in [1.82, 2.24) is 19.6 Å². The Morgan fingerprint density at radius 3 is 2.60 bits per heavy atom. The molecule has 0 radical (unpaired) electrons. The van der Waals surface area contributed by atoms with Gasteiger partial charge in [0.1, 0.15) is 34.1 Å². The van der Waals surface area contributed by atoms with Gasteiger partial charge in [-0.2, -0.15) is 0 Å². The van der Waals surface area contributed by atoms with E-state index in [9.17, 15) is 27.2 Å². The minimum atomic E-state index is -3.94. The molecule has 0 spiro atoms. The first-order valence-corrected chi connectivity index (χ1v) is 22.5. The summed E-state index contributed by atoms with van der Waals surface area (Å²) in [6.45, 7) is 3.67. The van der Waals surface area contributed by atoms with Crippen LogP contribution in [0.15, 0.2) is 66.2 Å². The molecule has 2 aromatic carbocycles. The Kier molecular flexibility index (Phi) is 10.9. The van der Waals surface area contributed by atoms with E-state index in [0.29, 0.717) is 59.8 Å². The average molecular weight is 829 g/mol. The van der Waals surface area contributed by atoms with Crippen molar-refractivity contribution < 1.29 is 36.7 Å². The van der Waals surface area contributed by atoms with E-state index < -0.39 is 44.2 Å². The minimum absolute atomic E-state index is 0.121. The second-order valence-electron chi connectivity index (χ2n) is 16.7. The zero-order valence-corrected chi connectivity index (χ0v) is 34.7. The first-order chi connectivity index (χ1) is 27.8. The smallest absolute Gasteiger partial charge is 0.240 e. The number of nitrogens with one attached hydrogen (secondary N) is 1. The molecular weight excluding hydrogens is 780 g/mol. The lowest BCUT2D eigenvalue weighted by atomic mass is 9.90. The standard InChI is InChI=1S/C44H49FN4O7S2/c1-27-37(55-3)16-15-33-38(23-34(47-39(27)33)40-46-19-20-57-40)56-32-22-35-36(50)25-44(42(52)48-58(53,54)43(2)17-18-43)24-30(44)10-8-6-4-5-7-9-29(41(51)49(35)26-32)21-28-11-13-31(45)14-12-28/h8,10-16,19-20,23,29-30,32,35H,4-7,9,17-18,21-22,24-26H2,1-3H3,(H,48,52)/b10-8-/t29-,30-,32-,35+,44-/m1/s1. The minimum Gasteiger partial charge on any atom is -0.496 e. The van der Waals surface area contributed by atoms with Gasteiger partial charge in [0.25, 0.3) is 0 Å². The van der Waals surface area contributed by atoms with Crippen LogP contribution in [0.25, 0.3) is 21.6 Å². The summed E-state index contributed by atoms with van der Waals surface area (Å²) in [5, 5.41) is 3.32. The summed E-state index contributed by atoms with van der Waals surface area (Å²) in [5.41, 5.74) is 1.70. The van der Waals surface area contributed by atoms with E-state index in [1.54, 1.807) is 37.3 Å². The summed E-state index contributed by atoms with van der Waals surface area (Å²) in [5.74, 6) is -1.11. The molecule has 2 aliphatic heterocycles. The van der Waals surface area contributed by atoms with Crippen molar-refractivity contribution in [1.29, 1.82) is 0 Å². The Balaban J connectivity index is 1.14. The predicted molar refractivity (Wildman–Crippen MR) is 219 cm³/mol. The number of amides is 2. The van der Waals surface area contributed by atoms with Gasteiger partial charge in [-0.05, 0) is 94.5 Å². The molecule has 3 fully saturated rings. The zero-order valence-electron chi connectivity index (χ0n) is 33.0. The van der Waals surface area contributed by atoms with Gasteiger partial charge in [0.15, 0.2) is 5.78 Å². The number of rotatable bonds is 9. The number of nitrogens with zero attached hydrogens (tertiary/aromatic N) is 3. The number of allylic oxidation sites excluding steroid dienone is 2. The van der Waals surface area contributed by atoms with Gasteiger partial charge in [-0.3, -0.25) is 19.1 Å². The second-order valence-corrected chi connectivity index (χ2v) is 19.8. The van der Waals surface area contributed by atoms with Gasteiger partial charge in [-0.1, -0.05) is 37.1 Å². The average Bonchev–Trinajstić information content (AvgIpc) is 3.95. The number of hydrogen-bond donors (Lipinski definition) is 1. The van der Waals surface area contributed by atoms with Crippen molar-refractivity contribution in [3.05, 3.63) is 83.1 Å². The van der Waals surface area contributed by atoms with Crippen molar-refractivity contribution in [3.8, 4) is 22.2 Å². The van der Waals surface area contributed by atoms with E-state index in [2.05, 4.69) is 9.71 Å². The number of ketones is 1. The highest BCUT2D eigenvalue weighted by molar-refractivity contribution is 7.91. The monoisotopic (exact) mass is 828 g/mol. The van der Waals surface area contributed by atoms with Crippen molar-refractivity contribution in [2.45, 2.75) is 101 Å². The van der Waals surface area contributed by atoms with Gasteiger partial charge < -0.3 is 14.4 Å². The van der Waals surface area contributed by atoms with Gasteiger partial charge in [-0.15, -0.1) is 11.3 Å². The van der Waals surface area contributed by atoms with Crippen molar-refractivity contribution in [3.63, 3.8) is 0 Å². The number of carbonyl (C=O) groups excluding carboxylic acids is 3. The Morgan fingerprint density at radius 2 is 1.88 bits per heavy atom. The van der Waals surface area contributed by atoms with Crippen molar-refractivity contribution >= 4 is 49.9 Å². The van der Waals surface area contributed by atoms with Gasteiger partial charge in [0.2, 0.25) is 21.8 Å². The number of methoxy groups -OCH3 is 1. The van der Waals surface area contributed by atoms with E-state index in [1.165, 1.54) is 23.5 Å². The highest BCUT2D eigenvalue weighted by Gasteiger charge is 2.62. The normalized spacial score (nSPS) is 26.5. The number of ether oxygens (including phenoxy) is 2. The van der Waals surface area contributed by atoms with E-state index >= 15 is 0 Å². The molecule has 4 aromatic rings.